The number of aliphatic carboxylic acids is 1. The van der Waals surface area contributed by atoms with Gasteiger partial charge < -0.3 is 9.84 Å². The van der Waals surface area contributed by atoms with Crippen molar-refractivity contribution in [1.29, 1.82) is 0 Å². The summed E-state index contributed by atoms with van der Waals surface area (Å²) in [7, 11) is 0. The molecular weight excluding hydrogens is 300 g/mol. The Kier molecular flexibility index (Phi) is 3.93. The summed E-state index contributed by atoms with van der Waals surface area (Å²) in [6, 6.07) is 9.81. The van der Waals surface area contributed by atoms with E-state index in [0.29, 0.717) is 11.6 Å². The molecule has 2 aromatic heterocycles. The third-order valence-electron chi connectivity index (χ3n) is 3.21. The first-order valence-electron chi connectivity index (χ1n) is 6.73. The number of rotatable bonds is 5. The van der Waals surface area contributed by atoms with Gasteiger partial charge in [-0.2, -0.15) is 4.98 Å². The second-order valence-electron chi connectivity index (χ2n) is 4.70. The number of imidazole rings is 1. The van der Waals surface area contributed by atoms with Crippen molar-refractivity contribution in [3.8, 4) is 5.88 Å². The van der Waals surface area contributed by atoms with Gasteiger partial charge in [0.1, 0.15) is 11.8 Å². The predicted molar refractivity (Wildman–Crippen MR) is 85.2 cm³/mol. The van der Waals surface area contributed by atoms with E-state index in [0.717, 1.165) is 16.6 Å². The maximum Gasteiger partial charge on any atom is 0.328 e. The Morgan fingerprint density at radius 2 is 2.18 bits per heavy atom. The topological polar surface area (TPSA) is 63.8 Å². The Bertz CT molecular complexity index is 820. The summed E-state index contributed by atoms with van der Waals surface area (Å²) in [5.74, 6) is -0.576. The molecule has 3 rings (SSSR count). The van der Waals surface area contributed by atoms with Crippen molar-refractivity contribution in [2.75, 3.05) is 0 Å². The minimum Gasteiger partial charge on any atom is -0.478 e. The minimum absolute atomic E-state index is 0.178. The number of carbonyl (C=O) groups is 1. The molecular formula is C16H14N2O3S. The number of ether oxygens (including phenoxy) is 1. The van der Waals surface area contributed by atoms with Gasteiger partial charge in [0.05, 0.1) is 0 Å². The Hall–Kier alpha value is -2.60. The third-order valence-corrected chi connectivity index (χ3v) is 3.96. The fourth-order valence-electron chi connectivity index (χ4n) is 2.13. The van der Waals surface area contributed by atoms with E-state index in [2.05, 4.69) is 4.98 Å². The van der Waals surface area contributed by atoms with Gasteiger partial charge in [-0.3, -0.25) is 4.40 Å². The molecule has 1 unspecified atom stereocenters. The first kappa shape index (κ1) is 14.3. The molecule has 5 nitrogen and oxygen atoms in total. The summed E-state index contributed by atoms with van der Waals surface area (Å²) < 4.78 is 7.75. The second kappa shape index (κ2) is 6.03. The van der Waals surface area contributed by atoms with Gasteiger partial charge in [-0.25, -0.2) is 4.79 Å². The van der Waals surface area contributed by atoms with Crippen molar-refractivity contribution >= 4 is 28.3 Å². The highest BCUT2D eigenvalue weighted by Crippen LogP contribution is 2.28. The van der Waals surface area contributed by atoms with Crippen molar-refractivity contribution in [3.05, 3.63) is 59.2 Å². The van der Waals surface area contributed by atoms with E-state index in [1.807, 2.05) is 53.2 Å². The summed E-state index contributed by atoms with van der Waals surface area (Å²) in [6.07, 6.45) is 4.25. The average molecular weight is 314 g/mol. The summed E-state index contributed by atoms with van der Waals surface area (Å²) in [5.41, 5.74) is 1.66. The van der Waals surface area contributed by atoms with Crippen LogP contribution >= 0.6 is 11.3 Å². The number of nitrogens with zero attached hydrogens (tertiary/aromatic N) is 2. The Balaban J connectivity index is 1.94. The zero-order chi connectivity index (χ0) is 15.5. The lowest BCUT2D eigenvalue weighted by Gasteiger charge is -2.13. The van der Waals surface area contributed by atoms with Gasteiger partial charge in [0.15, 0.2) is 4.96 Å². The monoisotopic (exact) mass is 314 g/mol. The molecule has 112 valence electrons. The molecule has 0 saturated heterocycles. The van der Waals surface area contributed by atoms with Gasteiger partial charge in [0, 0.05) is 17.7 Å². The summed E-state index contributed by atoms with van der Waals surface area (Å²) in [4.78, 5) is 16.0. The number of hydrogen-bond acceptors (Lipinski definition) is 4. The number of aromatic nitrogens is 2. The lowest BCUT2D eigenvalue weighted by Crippen LogP contribution is -2.04. The number of thiazole rings is 1. The lowest BCUT2D eigenvalue weighted by atomic mass is 10.1. The molecule has 0 aliphatic carbocycles. The SMILES string of the molecule is CC(Oc1nc2sccn2c1C=CC(=O)O)c1ccccc1. The van der Waals surface area contributed by atoms with E-state index in [9.17, 15) is 4.79 Å². The predicted octanol–water partition coefficient (Wildman–Crippen LogP) is 3.63. The van der Waals surface area contributed by atoms with Crippen LogP contribution in [0.5, 0.6) is 5.88 Å². The molecule has 0 aliphatic rings. The van der Waals surface area contributed by atoms with Gasteiger partial charge in [0.25, 0.3) is 0 Å². The zero-order valence-corrected chi connectivity index (χ0v) is 12.7. The van der Waals surface area contributed by atoms with Gasteiger partial charge in [-0.1, -0.05) is 30.3 Å². The van der Waals surface area contributed by atoms with Crippen molar-refractivity contribution < 1.29 is 14.6 Å². The van der Waals surface area contributed by atoms with Crippen LogP contribution in [0.2, 0.25) is 0 Å². The maximum absolute atomic E-state index is 10.8. The molecule has 3 aromatic rings. The Morgan fingerprint density at radius 3 is 2.91 bits per heavy atom. The van der Waals surface area contributed by atoms with Crippen LogP contribution in [0.1, 0.15) is 24.3 Å². The molecule has 2 heterocycles. The first-order chi connectivity index (χ1) is 10.6. The number of fused-ring (bicyclic) bond motifs is 1. The molecule has 0 fully saturated rings. The van der Waals surface area contributed by atoms with E-state index < -0.39 is 5.97 Å². The quantitative estimate of drug-likeness (QED) is 0.730. The molecule has 1 aromatic carbocycles. The molecule has 0 radical (unpaired) electrons. The lowest BCUT2D eigenvalue weighted by molar-refractivity contribution is -0.131. The van der Waals surface area contributed by atoms with E-state index in [1.165, 1.54) is 17.4 Å². The fraction of sp³-hybridized carbons (Fsp3) is 0.125. The minimum atomic E-state index is -1.01. The largest absolute Gasteiger partial charge is 0.478 e. The number of hydrogen-bond donors (Lipinski definition) is 1. The van der Waals surface area contributed by atoms with Crippen molar-refractivity contribution in [2.24, 2.45) is 0 Å². The van der Waals surface area contributed by atoms with Crippen LogP contribution in [-0.2, 0) is 4.79 Å². The van der Waals surface area contributed by atoms with Gasteiger partial charge in [-0.05, 0) is 18.6 Å². The molecule has 0 bridgehead atoms. The molecule has 0 spiro atoms. The fourth-order valence-corrected chi connectivity index (χ4v) is 2.84. The molecule has 22 heavy (non-hydrogen) atoms. The van der Waals surface area contributed by atoms with Crippen LogP contribution in [0.25, 0.3) is 11.0 Å². The van der Waals surface area contributed by atoms with Crippen molar-refractivity contribution in [1.82, 2.24) is 9.38 Å². The number of carboxylic acid groups (broad SMARTS) is 1. The molecule has 6 heteroatoms. The normalized spacial score (nSPS) is 12.8. The highest BCUT2D eigenvalue weighted by atomic mass is 32.1. The highest BCUT2D eigenvalue weighted by Gasteiger charge is 2.16. The summed E-state index contributed by atoms with van der Waals surface area (Å²) >= 11 is 1.47. The smallest absolute Gasteiger partial charge is 0.328 e. The van der Waals surface area contributed by atoms with E-state index in [1.54, 1.807) is 0 Å². The standard InChI is InChI=1S/C16H14N2O3S/c1-11(12-5-3-2-4-6-12)21-15-13(7-8-14(19)20)18-9-10-22-16(18)17-15/h2-11H,1H3,(H,19,20). The van der Waals surface area contributed by atoms with Crippen LogP contribution < -0.4 is 4.74 Å². The molecule has 1 atom stereocenters. The summed E-state index contributed by atoms with van der Waals surface area (Å²) in [6.45, 7) is 1.94. The number of benzene rings is 1. The van der Waals surface area contributed by atoms with Crippen LogP contribution in [0, 0.1) is 0 Å². The van der Waals surface area contributed by atoms with E-state index in [-0.39, 0.29) is 6.10 Å². The maximum atomic E-state index is 10.8. The zero-order valence-electron chi connectivity index (χ0n) is 11.8. The van der Waals surface area contributed by atoms with Crippen LogP contribution in [0.3, 0.4) is 0 Å². The first-order valence-corrected chi connectivity index (χ1v) is 7.61. The molecule has 0 amide bonds. The third kappa shape index (κ3) is 2.87. The molecule has 0 aliphatic heterocycles. The van der Waals surface area contributed by atoms with Crippen LogP contribution in [0.15, 0.2) is 48.0 Å². The van der Waals surface area contributed by atoms with E-state index in [4.69, 9.17) is 9.84 Å². The Morgan fingerprint density at radius 1 is 1.41 bits per heavy atom. The van der Waals surface area contributed by atoms with Gasteiger partial charge >= 0.3 is 5.97 Å². The van der Waals surface area contributed by atoms with E-state index >= 15 is 0 Å². The van der Waals surface area contributed by atoms with Crippen LogP contribution in [0.4, 0.5) is 0 Å². The van der Waals surface area contributed by atoms with Gasteiger partial charge in [-0.15, -0.1) is 11.3 Å². The molecule has 1 N–H and O–H groups in total. The number of carboxylic acids is 1. The second-order valence-corrected chi connectivity index (χ2v) is 5.57. The summed E-state index contributed by atoms with van der Waals surface area (Å²) in [5, 5.41) is 10.7. The van der Waals surface area contributed by atoms with Crippen LogP contribution in [-0.4, -0.2) is 20.5 Å². The highest BCUT2D eigenvalue weighted by molar-refractivity contribution is 7.15. The van der Waals surface area contributed by atoms with Crippen molar-refractivity contribution in [3.63, 3.8) is 0 Å². The average Bonchev–Trinajstić information content (AvgIpc) is 3.07. The Labute approximate surface area is 131 Å². The van der Waals surface area contributed by atoms with Gasteiger partial charge in [0.2, 0.25) is 5.88 Å². The molecule has 0 saturated carbocycles. The van der Waals surface area contributed by atoms with Crippen molar-refractivity contribution in [2.45, 2.75) is 13.0 Å².